The molecule has 0 aliphatic heterocycles. The van der Waals surface area contributed by atoms with Crippen molar-refractivity contribution in [2.45, 2.75) is 38.8 Å². The van der Waals surface area contributed by atoms with Gasteiger partial charge in [0.2, 0.25) is 0 Å². The van der Waals surface area contributed by atoms with Crippen LogP contribution in [0.5, 0.6) is 5.75 Å². The summed E-state index contributed by atoms with van der Waals surface area (Å²) in [7, 11) is 2.98. The van der Waals surface area contributed by atoms with Gasteiger partial charge < -0.3 is 18.9 Å². The Kier molecular flexibility index (Phi) is 9.25. The van der Waals surface area contributed by atoms with Gasteiger partial charge in [0.05, 0.1) is 33.5 Å². The van der Waals surface area contributed by atoms with Crippen LogP contribution in [0.1, 0.15) is 24.5 Å². The van der Waals surface area contributed by atoms with Gasteiger partial charge in [-0.05, 0) is 30.2 Å². The first-order valence-electron chi connectivity index (χ1n) is 9.27. The van der Waals surface area contributed by atoms with Gasteiger partial charge in [-0.2, -0.15) is 0 Å². The Labute approximate surface area is 166 Å². The van der Waals surface area contributed by atoms with E-state index in [0.717, 1.165) is 16.9 Å². The molecule has 28 heavy (non-hydrogen) atoms. The first-order valence-corrected chi connectivity index (χ1v) is 9.27. The third-order valence-corrected chi connectivity index (χ3v) is 4.19. The highest BCUT2D eigenvalue weighted by Crippen LogP contribution is 2.14. The van der Waals surface area contributed by atoms with Crippen molar-refractivity contribution in [2.24, 2.45) is 0 Å². The second-order valence-corrected chi connectivity index (χ2v) is 6.34. The van der Waals surface area contributed by atoms with Gasteiger partial charge in [0.1, 0.15) is 5.75 Å². The van der Waals surface area contributed by atoms with Crippen LogP contribution in [-0.4, -0.2) is 32.4 Å². The molecule has 0 heterocycles. The third kappa shape index (κ3) is 7.55. The van der Waals surface area contributed by atoms with Crippen molar-refractivity contribution in [3.63, 3.8) is 0 Å². The maximum atomic E-state index is 12.0. The summed E-state index contributed by atoms with van der Waals surface area (Å²) in [5, 5.41) is 0. The lowest BCUT2D eigenvalue weighted by molar-refractivity contribution is -0.154. The Bertz CT molecular complexity index is 724. The molecular weight excluding hydrogens is 356 g/mol. The van der Waals surface area contributed by atoms with Crippen LogP contribution >= 0.6 is 0 Å². The minimum atomic E-state index is -0.662. The first-order chi connectivity index (χ1) is 13.6. The van der Waals surface area contributed by atoms with Crippen LogP contribution in [-0.2, 0) is 32.2 Å². The van der Waals surface area contributed by atoms with E-state index in [4.69, 9.17) is 18.9 Å². The van der Waals surface area contributed by atoms with Crippen molar-refractivity contribution in [1.29, 1.82) is 0 Å². The van der Waals surface area contributed by atoms with Crippen molar-refractivity contribution in [1.82, 2.24) is 0 Å². The molecule has 0 spiro atoms. The molecule has 5 heteroatoms. The largest absolute Gasteiger partial charge is 0.497 e. The van der Waals surface area contributed by atoms with E-state index in [1.165, 1.54) is 7.11 Å². The van der Waals surface area contributed by atoms with E-state index in [1.54, 1.807) is 7.11 Å². The van der Waals surface area contributed by atoms with Crippen LogP contribution in [0.4, 0.5) is 0 Å². The second kappa shape index (κ2) is 12.0. The monoisotopic (exact) mass is 384 g/mol. The van der Waals surface area contributed by atoms with Crippen molar-refractivity contribution in [2.75, 3.05) is 14.2 Å². The fourth-order valence-corrected chi connectivity index (χ4v) is 2.53. The normalized spacial score (nSPS) is 13.2. The summed E-state index contributed by atoms with van der Waals surface area (Å²) < 4.78 is 21.5. The fourth-order valence-electron chi connectivity index (χ4n) is 2.53. The van der Waals surface area contributed by atoms with Crippen LogP contribution in [0.3, 0.4) is 0 Å². The Balaban J connectivity index is 1.81. The summed E-state index contributed by atoms with van der Waals surface area (Å²) in [6.45, 7) is 2.82. The molecule has 2 aromatic carbocycles. The van der Waals surface area contributed by atoms with Gasteiger partial charge >= 0.3 is 5.97 Å². The van der Waals surface area contributed by atoms with Crippen molar-refractivity contribution in [3.8, 4) is 5.75 Å². The smallest absolute Gasteiger partial charge is 0.335 e. The summed E-state index contributed by atoms with van der Waals surface area (Å²) >= 11 is 0. The van der Waals surface area contributed by atoms with E-state index >= 15 is 0 Å². The summed E-state index contributed by atoms with van der Waals surface area (Å²) in [5.41, 5.74) is 2.08. The summed E-state index contributed by atoms with van der Waals surface area (Å²) in [6, 6.07) is 17.5. The molecule has 0 saturated heterocycles. The lowest BCUT2D eigenvalue weighted by Crippen LogP contribution is -2.25. The van der Waals surface area contributed by atoms with Gasteiger partial charge in [-0.1, -0.05) is 54.6 Å². The van der Waals surface area contributed by atoms with Crippen molar-refractivity contribution >= 4 is 5.97 Å². The average Bonchev–Trinajstić information content (AvgIpc) is 2.75. The van der Waals surface area contributed by atoms with Gasteiger partial charge in [0.15, 0.2) is 6.10 Å². The molecule has 2 rings (SSSR count). The van der Waals surface area contributed by atoms with E-state index < -0.39 is 12.1 Å². The number of hydrogen-bond donors (Lipinski definition) is 0. The predicted octanol–water partition coefficient (Wildman–Crippen LogP) is 4.31. The number of carbonyl (C=O) groups is 1. The van der Waals surface area contributed by atoms with Crippen LogP contribution in [0.25, 0.3) is 0 Å². The molecule has 0 aliphatic carbocycles. The van der Waals surface area contributed by atoms with Gasteiger partial charge in [0, 0.05) is 6.42 Å². The topological polar surface area (TPSA) is 54.0 Å². The molecule has 0 aromatic heterocycles. The molecule has 0 aliphatic rings. The molecule has 2 atom stereocenters. The fraction of sp³-hybridized carbons (Fsp3) is 0.348. The second-order valence-electron chi connectivity index (χ2n) is 6.34. The average molecular weight is 384 g/mol. The van der Waals surface area contributed by atoms with Crippen molar-refractivity contribution < 1.29 is 23.7 Å². The molecule has 0 bridgehead atoms. The number of hydrogen-bond acceptors (Lipinski definition) is 5. The molecule has 0 radical (unpaired) electrons. The predicted molar refractivity (Wildman–Crippen MR) is 108 cm³/mol. The maximum absolute atomic E-state index is 12.0. The molecule has 0 N–H and O–H groups in total. The highest BCUT2D eigenvalue weighted by atomic mass is 16.6. The van der Waals surface area contributed by atoms with E-state index in [1.807, 2.05) is 73.7 Å². The molecule has 0 saturated carbocycles. The number of carbonyl (C=O) groups excluding carboxylic acids is 1. The lowest BCUT2D eigenvalue weighted by atomic mass is 10.2. The van der Waals surface area contributed by atoms with Crippen LogP contribution in [0, 0.1) is 0 Å². The molecule has 150 valence electrons. The maximum Gasteiger partial charge on any atom is 0.335 e. The SMILES string of the molecule is COC(=O)[C@@H](C/C=C/[C@H](C)OCc1ccccc1)OCc1ccc(OC)cc1. The van der Waals surface area contributed by atoms with Crippen LogP contribution in [0.15, 0.2) is 66.7 Å². The number of benzene rings is 2. The quantitative estimate of drug-likeness (QED) is 0.427. The van der Waals surface area contributed by atoms with E-state index in [-0.39, 0.29) is 6.10 Å². The van der Waals surface area contributed by atoms with Gasteiger partial charge in [-0.3, -0.25) is 0 Å². The highest BCUT2D eigenvalue weighted by Gasteiger charge is 2.18. The highest BCUT2D eigenvalue weighted by molar-refractivity contribution is 5.74. The molecule has 2 aromatic rings. The summed E-state index contributed by atoms with van der Waals surface area (Å²) in [5.74, 6) is 0.386. The number of ether oxygens (including phenoxy) is 4. The minimum absolute atomic E-state index is 0.0694. The standard InChI is InChI=1S/C23H28O5/c1-18(27-16-19-9-5-4-6-10-19)8-7-11-22(23(24)26-3)28-17-20-12-14-21(25-2)15-13-20/h4-10,12-15,18,22H,11,16-17H2,1-3H3/b8-7+/t18-,22+/m0/s1. The number of methoxy groups -OCH3 is 2. The third-order valence-electron chi connectivity index (χ3n) is 4.19. The molecular formula is C23H28O5. The molecule has 0 amide bonds. The zero-order valence-corrected chi connectivity index (χ0v) is 16.7. The van der Waals surface area contributed by atoms with E-state index in [0.29, 0.717) is 19.6 Å². The van der Waals surface area contributed by atoms with Crippen molar-refractivity contribution in [3.05, 3.63) is 77.9 Å². The lowest BCUT2D eigenvalue weighted by Gasteiger charge is -2.15. The van der Waals surface area contributed by atoms with Gasteiger partial charge in [0.25, 0.3) is 0 Å². The number of esters is 1. The Morgan fingerprint density at radius 1 is 0.929 bits per heavy atom. The number of rotatable bonds is 11. The van der Waals surface area contributed by atoms with E-state index in [9.17, 15) is 4.79 Å². The summed E-state index contributed by atoms with van der Waals surface area (Å²) in [4.78, 5) is 12.0. The molecule has 5 nitrogen and oxygen atoms in total. The Morgan fingerprint density at radius 2 is 1.57 bits per heavy atom. The van der Waals surface area contributed by atoms with Crippen LogP contribution < -0.4 is 4.74 Å². The Morgan fingerprint density at radius 3 is 2.21 bits per heavy atom. The first kappa shape index (κ1) is 21.7. The Hall–Kier alpha value is -2.63. The molecule has 0 unspecified atom stereocenters. The van der Waals surface area contributed by atoms with Gasteiger partial charge in [-0.15, -0.1) is 0 Å². The zero-order valence-electron chi connectivity index (χ0n) is 16.7. The zero-order chi connectivity index (χ0) is 20.2. The van der Waals surface area contributed by atoms with Crippen LogP contribution in [0.2, 0.25) is 0 Å². The van der Waals surface area contributed by atoms with Gasteiger partial charge in [-0.25, -0.2) is 4.79 Å². The minimum Gasteiger partial charge on any atom is -0.497 e. The summed E-state index contributed by atoms with van der Waals surface area (Å²) in [6.07, 6.45) is 3.51. The van der Waals surface area contributed by atoms with E-state index in [2.05, 4.69) is 0 Å². The molecule has 0 fully saturated rings.